The van der Waals surface area contributed by atoms with E-state index in [4.69, 9.17) is 4.74 Å². The number of benzene rings is 1. The third kappa shape index (κ3) is 3.46. The van der Waals surface area contributed by atoms with Crippen LogP contribution in [0.25, 0.3) is 0 Å². The van der Waals surface area contributed by atoms with E-state index in [1.807, 2.05) is 0 Å². The second-order valence-corrected chi connectivity index (χ2v) is 6.52. The lowest BCUT2D eigenvalue weighted by Gasteiger charge is -2.46. The molecule has 8 heteroatoms. The number of Topliss-reactive ketones (excluding diaryl/α,β-unsaturated/α-hetero) is 1. The number of hydrogen-bond acceptors (Lipinski definition) is 6. The van der Waals surface area contributed by atoms with Crippen LogP contribution in [0.3, 0.4) is 0 Å². The molecule has 4 N–H and O–H groups in total. The fraction of sp³-hybridized carbons (Fsp3) is 0.467. The number of rotatable bonds is 4. The molecule has 0 spiro atoms. The van der Waals surface area contributed by atoms with E-state index in [9.17, 15) is 24.9 Å². The molecule has 0 saturated carbocycles. The lowest BCUT2D eigenvalue weighted by atomic mass is 9.90. The highest BCUT2D eigenvalue weighted by molar-refractivity contribution is 9.10. The van der Waals surface area contributed by atoms with Gasteiger partial charge in [0.1, 0.15) is 24.4 Å². The number of nitrogens with one attached hydrogen (secondary N) is 1. The van der Waals surface area contributed by atoms with Gasteiger partial charge in [0.2, 0.25) is 4.51 Å². The molecule has 7 nitrogen and oxygen atoms in total. The van der Waals surface area contributed by atoms with Crippen LogP contribution >= 0.6 is 15.9 Å². The van der Waals surface area contributed by atoms with Gasteiger partial charge >= 0.3 is 0 Å². The van der Waals surface area contributed by atoms with Crippen molar-refractivity contribution in [2.24, 2.45) is 0 Å². The highest BCUT2D eigenvalue weighted by Gasteiger charge is 2.56. The summed E-state index contributed by atoms with van der Waals surface area (Å²) in [6.07, 6.45) is -4.11. The van der Waals surface area contributed by atoms with Crippen LogP contribution in [0, 0.1) is 0 Å². The summed E-state index contributed by atoms with van der Waals surface area (Å²) in [6, 6.07) is 7.00. The number of carbonyl (C=O) groups excluding carboxylic acids is 2. The zero-order valence-electron chi connectivity index (χ0n) is 12.3. The molecule has 126 valence electrons. The maximum absolute atomic E-state index is 12.3. The first-order valence-corrected chi connectivity index (χ1v) is 7.81. The van der Waals surface area contributed by atoms with Gasteiger partial charge in [0.05, 0.1) is 6.61 Å². The summed E-state index contributed by atoms with van der Waals surface area (Å²) in [6.45, 7) is 0.632. The number of ketones is 1. The van der Waals surface area contributed by atoms with Crippen molar-refractivity contribution in [2.75, 3.05) is 6.61 Å². The van der Waals surface area contributed by atoms with Crippen molar-refractivity contribution in [2.45, 2.75) is 35.8 Å². The molecule has 1 amide bonds. The summed E-state index contributed by atoms with van der Waals surface area (Å²) in [7, 11) is 0. The highest BCUT2D eigenvalue weighted by Crippen LogP contribution is 2.36. The normalized spacial score (nSPS) is 34.0. The van der Waals surface area contributed by atoms with E-state index in [0.717, 1.165) is 0 Å². The first-order chi connectivity index (χ1) is 10.8. The smallest absolute Gasteiger partial charge is 0.251 e. The molecule has 0 aromatic heterocycles. The molecular formula is C15H18BrNO6. The van der Waals surface area contributed by atoms with Crippen molar-refractivity contribution in [3.05, 3.63) is 35.9 Å². The minimum atomic E-state index is -1.75. The maximum atomic E-state index is 12.3. The highest BCUT2D eigenvalue weighted by atomic mass is 79.9. The van der Waals surface area contributed by atoms with Crippen molar-refractivity contribution < 1.29 is 29.6 Å². The lowest BCUT2D eigenvalue weighted by molar-refractivity contribution is -0.202. The molecule has 1 aromatic carbocycles. The summed E-state index contributed by atoms with van der Waals surface area (Å²) >= 11 is 3.11. The van der Waals surface area contributed by atoms with E-state index in [1.165, 1.54) is 6.92 Å². The average Bonchev–Trinajstić information content (AvgIpc) is 2.55. The summed E-state index contributed by atoms with van der Waals surface area (Å²) in [5.74, 6) is -1.04. The molecular weight excluding hydrogens is 370 g/mol. The molecule has 0 aliphatic carbocycles. The third-order valence-corrected chi connectivity index (χ3v) is 5.02. The minimum Gasteiger partial charge on any atom is -0.394 e. The lowest BCUT2D eigenvalue weighted by Crippen LogP contribution is -2.70. The molecule has 5 atom stereocenters. The summed E-state index contributed by atoms with van der Waals surface area (Å²) in [4.78, 5) is 24.3. The van der Waals surface area contributed by atoms with Gasteiger partial charge in [-0.15, -0.1) is 0 Å². The van der Waals surface area contributed by atoms with Gasteiger partial charge in [-0.3, -0.25) is 9.59 Å². The number of amides is 1. The number of halogens is 1. The number of carbonyl (C=O) groups is 2. The molecule has 1 aliphatic rings. The summed E-state index contributed by atoms with van der Waals surface area (Å²) < 4.78 is 3.66. The first-order valence-electron chi connectivity index (χ1n) is 7.02. The van der Waals surface area contributed by atoms with E-state index in [1.54, 1.807) is 30.3 Å². The molecule has 1 aliphatic heterocycles. The van der Waals surface area contributed by atoms with Crippen LogP contribution in [0.2, 0.25) is 0 Å². The van der Waals surface area contributed by atoms with E-state index < -0.39 is 47.2 Å². The van der Waals surface area contributed by atoms with Crippen molar-refractivity contribution in [3.63, 3.8) is 0 Å². The van der Waals surface area contributed by atoms with Gasteiger partial charge in [0.25, 0.3) is 5.91 Å². The Morgan fingerprint density at radius 3 is 2.39 bits per heavy atom. The van der Waals surface area contributed by atoms with Crippen LogP contribution in [0.15, 0.2) is 30.3 Å². The Kier molecular flexibility index (Phi) is 5.53. The van der Waals surface area contributed by atoms with Crippen LogP contribution in [-0.4, -0.2) is 62.5 Å². The van der Waals surface area contributed by atoms with Crippen molar-refractivity contribution >= 4 is 27.6 Å². The molecule has 23 heavy (non-hydrogen) atoms. The molecule has 1 fully saturated rings. The minimum absolute atomic E-state index is 0.330. The SMILES string of the molecule is CC(=O)[C@@]1(Br)O[C@H](CO)[C@@H](O)[C@H](O)[C@H]1NC(=O)c1ccccc1. The van der Waals surface area contributed by atoms with Gasteiger partial charge in [-0.25, -0.2) is 0 Å². The number of hydrogen-bond donors (Lipinski definition) is 4. The van der Waals surface area contributed by atoms with Gasteiger partial charge in [-0.05, 0) is 35.0 Å². The topological polar surface area (TPSA) is 116 Å². The van der Waals surface area contributed by atoms with Crippen molar-refractivity contribution in [1.82, 2.24) is 5.32 Å². The Bertz CT molecular complexity index is 583. The van der Waals surface area contributed by atoms with Gasteiger partial charge in [0, 0.05) is 5.56 Å². The van der Waals surface area contributed by atoms with E-state index in [-0.39, 0.29) is 0 Å². The zero-order chi connectivity index (χ0) is 17.2. The number of aliphatic hydroxyl groups is 3. The third-order valence-electron chi connectivity index (χ3n) is 3.78. The second kappa shape index (κ2) is 7.06. The molecule has 2 rings (SSSR count). The Labute approximate surface area is 141 Å². The number of ether oxygens (including phenoxy) is 1. The van der Waals surface area contributed by atoms with E-state index in [2.05, 4.69) is 21.2 Å². The Morgan fingerprint density at radius 1 is 1.26 bits per heavy atom. The Balaban J connectivity index is 2.29. The molecule has 1 heterocycles. The Morgan fingerprint density at radius 2 is 1.87 bits per heavy atom. The number of alkyl halides is 1. The quantitative estimate of drug-likeness (QED) is 0.521. The van der Waals surface area contributed by atoms with Crippen LogP contribution in [-0.2, 0) is 9.53 Å². The van der Waals surface area contributed by atoms with Crippen molar-refractivity contribution in [1.29, 1.82) is 0 Å². The maximum Gasteiger partial charge on any atom is 0.251 e. The molecule has 1 saturated heterocycles. The van der Waals surface area contributed by atoms with Gasteiger partial charge < -0.3 is 25.4 Å². The molecule has 0 radical (unpaired) electrons. The van der Waals surface area contributed by atoms with E-state index in [0.29, 0.717) is 5.56 Å². The van der Waals surface area contributed by atoms with Crippen LogP contribution in [0.5, 0.6) is 0 Å². The van der Waals surface area contributed by atoms with Gasteiger partial charge in [-0.2, -0.15) is 0 Å². The fourth-order valence-corrected chi connectivity index (χ4v) is 3.06. The van der Waals surface area contributed by atoms with Gasteiger partial charge in [-0.1, -0.05) is 18.2 Å². The number of aliphatic hydroxyl groups excluding tert-OH is 3. The zero-order valence-corrected chi connectivity index (χ0v) is 13.9. The Hall–Kier alpha value is -1.32. The fourth-order valence-electron chi connectivity index (χ4n) is 2.44. The molecule has 0 unspecified atom stereocenters. The molecule has 0 bridgehead atoms. The predicted molar refractivity (Wildman–Crippen MR) is 84.0 cm³/mol. The average molecular weight is 388 g/mol. The van der Waals surface area contributed by atoms with Crippen LogP contribution in [0.4, 0.5) is 0 Å². The van der Waals surface area contributed by atoms with E-state index >= 15 is 0 Å². The van der Waals surface area contributed by atoms with Crippen LogP contribution < -0.4 is 5.32 Å². The second-order valence-electron chi connectivity index (χ2n) is 5.34. The standard InChI is InChI=1S/C15H18BrNO6/c1-8(19)15(16)13(12(21)11(20)10(7-18)23-15)17-14(22)9-5-3-2-4-6-9/h2-6,10-13,18,20-21H,7H2,1H3,(H,17,22)/t10-,11-,12+,13-,15-/m1/s1. The van der Waals surface area contributed by atoms with Gasteiger partial charge in [0.15, 0.2) is 5.78 Å². The monoisotopic (exact) mass is 387 g/mol. The molecule has 1 aromatic rings. The summed E-state index contributed by atoms with van der Waals surface area (Å²) in [5, 5.41) is 32.0. The van der Waals surface area contributed by atoms with Crippen molar-refractivity contribution in [3.8, 4) is 0 Å². The van der Waals surface area contributed by atoms with Crippen LogP contribution in [0.1, 0.15) is 17.3 Å². The summed E-state index contributed by atoms with van der Waals surface area (Å²) in [5.41, 5.74) is 0.330. The predicted octanol–water partition coefficient (Wildman–Crippen LogP) is -0.422. The first kappa shape index (κ1) is 18.0. The largest absolute Gasteiger partial charge is 0.394 e.